The summed E-state index contributed by atoms with van der Waals surface area (Å²) in [5, 5.41) is 1.98. The third-order valence-electron chi connectivity index (χ3n) is 3.17. The molecule has 0 atom stereocenters. The summed E-state index contributed by atoms with van der Waals surface area (Å²) in [4.78, 5) is 24.5. The first-order valence-corrected chi connectivity index (χ1v) is 7.77. The monoisotopic (exact) mass is 368 g/mol. The van der Waals surface area contributed by atoms with Gasteiger partial charge in [-0.1, -0.05) is 39.7 Å². The number of alkyl halides is 1. The number of ketones is 1. The lowest BCUT2D eigenvalue weighted by Crippen LogP contribution is -2.39. The third kappa shape index (κ3) is 3.04. The van der Waals surface area contributed by atoms with Crippen molar-refractivity contribution in [3.05, 3.63) is 58.4 Å². The summed E-state index contributed by atoms with van der Waals surface area (Å²) in [6.45, 7) is 1.83. The molecule has 0 aliphatic rings. The van der Waals surface area contributed by atoms with Gasteiger partial charge >= 0.3 is 0 Å². The summed E-state index contributed by atoms with van der Waals surface area (Å²) >= 11 is 9.21. The van der Waals surface area contributed by atoms with Crippen LogP contribution in [0.1, 0.15) is 21.7 Å². The molecule has 21 heavy (non-hydrogen) atoms. The van der Waals surface area contributed by atoms with Crippen molar-refractivity contribution in [2.45, 2.75) is 6.92 Å². The Morgan fingerprint density at radius 2 is 1.90 bits per heavy atom. The molecule has 6 heteroatoms. The summed E-state index contributed by atoms with van der Waals surface area (Å²) in [6.07, 6.45) is 0. The molecule has 110 valence electrons. The predicted molar refractivity (Wildman–Crippen MR) is 87.0 cm³/mol. The number of hydrogen-bond donors (Lipinski definition) is 0. The number of rotatable bonds is 4. The highest BCUT2D eigenvalue weighted by Crippen LogP contribution is 2.20. The summed E-state index contributed by atoms with van der Waals surface area (Å²) in [5.41, 5.74) is 1.61. The van der Waals surface area contributed by atoms with Crippen LogP contribution in [0.4, 0.5) is 0 Å². The molecule has 1 amide bonds. The molecule has 1 aromatic heterocycles. The van der Waals surface area contributed by atoms with Gasteiger partial charge in [0.25, 0.3) is 5.91 Å². The number of aromatic nitrogens is 1. The van der Waals surface area contributed by atoms with Crippen LogP contribution >= 0.6 is 27.5 Å². The van der Waals surface area contributed by atoms with Crippen molar-refractivity contribution in [3.63, 3.8) is 0 Å². The molecule has 0 unspecified atom stereocenters. The van der Waals surface area contributed by atoms with E-state index in [1.165, 1.54) is 5.01 Å². The summed E-state index contributed by atoms with van der Waals surface area (Å²) in [6, 6.07) is 10.4. The molecule has 4 nitrogen and oxygen atoms in total. The molecule has 1 aromatic carbocycles. The van der Waals surface area contributed by atoms with Crippen molar-refractivity contribution >= 4 is 39.2 Å². The first-order valence-electron chi connectivity index (χ1n) is 6.27. The highest BCUT2D eigenvalue weighted by Gasteiger charge is 2.21. The molecule has 0 fully saturated rings. The SMILES string of the molecule is Cc1ccc(C(=O)c2ccccc2Cl)n1N(C)C(=O)CBr. The van der Waals surface area contributed by atoms with Crippen LogP contribution in [0.25, 0.3) is 0 Å². The van der Waals surface area contributed by atoms with E-state index in [0.717, 1.165) is 5.69 Å². The van der Waals surface area contributed by atoms with Crippen molar-refractivity contribution in [3.8, 4) is 0 Å². The van der Waals surface area contributed by atoms with Crippen LogP contribution in [0.5, 0.6) is 0 Å². The smallest absolute Gasteiger partial charge is 0.251 e. The fourth-order valence-corrected chi connectivity index (χ4v) is 2.67. The maximum atomic E-state index is 12.7. The van der Waals surface area contributed by atoms with Gasteiger partial charge in [-0.05, 0) is 31.2 Å². The zero-order chi connectivity index (χ0) is 15.6. The number of nitrogens with zero attached hydrogens (tertiary/aromatic N) is 2. The molecule has 1 heterocycles. The zero-order valence-corrected chi connectivity index (χ0v) is 14.0. The molecule has 0 saturated heterocycles. The quantitative estimate of drug-likeness (QED) is 0.613. The number of hydrogen-bond acceptors (Lipinski definition) is 2. The lowest BCUT2D eigenvalue weighted by Gasteiger charge is -2.22. The number of carbonyl (C=O) groups is 2. The second-order valence-electron chi connectivity index (χ2n) is 4.53. The standard InChI is InChI=1S/C15H14BrClN2O2/c1-10-7-8-13(19(10)18(2)14(20)9-16)15(21)11-5-3-4-6-12(11)17/h3-8H,9H2,1-2H3. The first kappa shape index (κ1) is 15.8. The number of halogens is 2. The van der Waals surface area contributed by atoms with E-state index in [4.69, 9.17) is 11.6 Å². The Morgan fingerprint density at radius 3 is 2.52 bits per heavy atom. The van der Waals surface area contributed by atoms with Gasteiger partial charge in [0.1, 0.15) is 5.69 Å². The Kier molecular flexibility index (Phi) is 4.85. The van der Waals surface area contributed by atoms with Crippen LogP contribution < -0.4 is 5.01 Å². The van der Waals surface area contributed by atoms with Gasteiger partial charge in [-0.15, -0.1) is 0 Å². The molecule has 0 radical (unpaired) electrons. The van der Waals surface area contributed by atoms with Crippen LogP contribution in [-0.4, -0.2) is 28.7 Å². The highest BCUT2D eigenvalue weighted by molar-refractivity contribution is 9.09. The topological polar surface area (TPSA) is 42.3 Å². The van der Waals surface area contributed by atoms with Gasteiger partial charge in [-0.2, -0.15) is 0 Å². The van der Waals surface area contributed by atoms with Crippen molar-refractivity contribution in [2.24, 2.45) is 0 Å². The minimum atomic E-state index is -0.220. The predicted octanol–water partition coefficient (Wildman–Crippen LogP) is 3.17. The summed E-state index contributed by atoms with van der Waals surface area (Å²) in [5.74, 6) is -0.370. The Labute approximate surface area is 136 Å². The van der Waals surface area contributed by atoms with Crippen LogP contribution in [-0.2, 0) is 4.79 Å². The molecular formula is C15H14BrClN2O2. The molecule has 0 saturated carbocycles. The van der Waals surface area contributed by atoms with Crippen molar-refractivity contribution in [1.29, 1.82) is 0 Å². The van der Waals surface area contributed by atoms with Gasteiger partial charge in [0.2, 0.25) is 5.78 Å². The Bertz CT molecular complexity index is 697. The van der Waals surface area contributed by atoms with Gasteiger partial charge < -0.3 is 0 Å². The number of benzene rings is 1. The molecule has 0 spiro atoms. The lowest BCUT2D eigenvalue weighted by atomic mass is 10.1. The largest absolute Gasteiger partial charge is 0.287 e. The van der Waals surface area contributed by atoms with Crippen LogP contribution in [0.2, 0.25) is 5.02 Å². The summed E-state index contributed by atoms with van der Waals surface area (Å²) in [7, 11) is 1.62. The van der Waals surface area contributed by atoms with E-state index < -0.39 is 0 Å². The third-order valence-corrected chi connectivity index (χ3v) is 3.98. The van der Waals surface area contributed by atoms with E-state index in [0.29, 0.717) is 16.3 Å². The maximum absolute atomic E-state index is 12.7. The average molecular weight is 370 g/mol. The molecule has 0 aliphatic carbocycles. The number of aryl methyl sites for hydroxylation is 1. The normalized spacial score (nSPS) is 10.5. The van der Waals surface area contributed by atoms with E-state index in [2.05, 4.69) is 15.9 Å². The van der Waals surface area contributed by atoms with Crippen molar-refractivity contribution < 1.29 is 9.59 Å². The molecule has 0 N–H and O–H groups in total. The minimum Gasteiger partial charge on any atom is -0.287 e. The number of carbonyl (C=O) groups excluding carboxylic acids is 2. The van der Waals surface area contributed by atoms with Gasteiger partial charge in [0, 0.05) is 18.3 Å². The van der Waals surface area contributed by atoms with E-state index in [-0.39, 0.29) is 17.0 Å². The van der Waals surface area contributed by atoms with E-state index in [9.17, 15) is 9.59 Å². The van der Waals surface area contributed by atoms with Gasteiger partial charge in [-0.3, -0.25) is 19.3 Å². The van der Waals surface area contributed by atoms with Crippen LogP contribution in [0.15, 0.2) is 36.4 Å². The molecule has 0 aliphatic heterocycles. The minimum absolute atomic E-state index is 0.150. The van der Waals surface area contributed by atoms with Gasteiger partial charge in [0.15, 0.2) is 0 Å². The summed E-state index contributed by atoms with van der Waals surface area (Å²) < 4.78 is 1.59. The van der Waals surface area contributed by atoms with E-state index in [1.807, 2.05) is 6.92 Å². The fraction of sp³-hybridized carbons (Fsp3) is 0.200. The maximum Gasteiger partial charge on any atom is 0.251 e. The van der Waals surface area contributed by atoms with Gasteiger partial charge in [-0.25, -0.2) is 0 Å². The average Bonchev–Trinajstić information content (AvgIpc) is 2.87. The number of amides is 1. The van der Waals surface area contributed by atoms with Crippen LogP contribution in [0, 0.1) is 6.92 Å². The van der Waals surface area contributed by atoms with Crippen molar-refractivity contribution in [2.75, 3.05) is 17.4 Å². The van der Waals surface area contributed by atoms with E-state index in [1.54, 1.807) is 48.1 Å². The molecule has 2 rings (SSSR count). The molecular weight excluding hydrogens is 356 g/mol. The lowest BCUT2D eigenvalue weighted by molar-refractivity contribution is -0.117. The fourth-order valence-electron chi connectivity index (χ4n) is 2.08. The second kappa shape index (κ2) is 6.45. The van der Waals surface area contributed by atoms with E-state index >= 15 is 0 Å². The Balaban J connectivity index is 2.49. The zero-order valence-electron chi connectivity index (χ0n) is 11.6. The first-order chi connectivity index (χ1) is 9.97. The van der Waals surface area contributed by atoms with Crippen molar-refractivity contribution in [1.82, 2.24) is 4.68 Å². The molecule has 0 bridgehead atoms. The van der Waals surface area contributed by atoms with Gasteiger partial charge in [0.05, 0.1) is 10.4 Å². The second-order valence-corrected chi connectivity index (χ2v) is 5.50. The molecule has 2 aromatic rings. The highest BCUT2D eigenvalue weighted by atomic mass is 79.9. The Hall–Kier alpha value is -1.59. The van der Waals surface area contributed by atoms with Crippen LogP contribution in [0.3, 0.4) is 0 Å². The Morgan fingerprint density at radius 1 is 1.24 bits per heavy atom.